The summed E-state index contributed by atoms with van der Waals surface area (Å²) >= 11 is 1.24. The molecule has 0 unspecified atom stereocenters. The van der Waals surface area contributed by atoms with Crippen LogP contribution in [0.3, 0.4) is 0 Å². The fourth-order valence-electron chi connectivity index (χ4n) is 3.68. The number of carbonyl (C=O) groups excluding carboxylic acids is 1. The number of hydrogen-bond donors (Lipinski definition) is 0. The molecule has 1 aromatic heterocycles. The number of para-hydroxylation sites is 1. The zero-order chi connectivity index (χ0) is 22.6. The molecular weight excluding hydrogens is 430 g/mol. The molecule has 33 heavy (non-hydrogen) atoms. The number of aryl methyl sites for hydroxylation is 1. The van der Waals surface area contributed by atoms with E-state index in [4.69, 9.17) is 4.42 Å². The van der Waals surface area contributed by atoms with Crippen LogP contribution in [0, 0.1) is 6.92 Å². The fraction of sp³-hybridized carbons (Fsp3) is 0.0741. The number of fused-ring (bicyclic) bond motifs is 1. The molecule has 5 aromatic rings. The van der Waals surface area contributed by atoms with Crippen LogP contribution in [-0.2, 0) is 4.79 Å². The standard InChI is InChI=1S/C27H21N3O2S/c1-19-8-7-11-22(16-19)26-28-29-27(32-26)33-18-25(31)30(23-12-3-2-4-13-23)24-15-14-20-9-5-6-10-21(20)17-24/h2-17H,18H2,1H3. The third-order valence-corrected chi connectivity index (χ3v) is 6.05. The zero-order valence-electron chi connectivity index (χ0n) is 18.0. The summed E-state index contributed by atoms with van der Waals surface area (Å²) in [5, 5.41) is 10.8. The van der Waals surface area contributed by atoms with Gasteiger partial charge in [0.1, 0.15) is 0 Å². The van der Waals surface area contributed by atoms with Crippen LogP contribution in [0.1, 0.15) is 5.56 Å². The highest BCUT2D eigenvalue weighted by atomic mass is 32.2. The minimum Gasteiger partial charge on any atom is -0.411 e. The van der Waals surface area contributed by atoms with Gasteiger partial charge in [-0.2, -0.15) is 0 Å². The number of anilines is 2. The van der Waals surface area contributed by atoms with Gasteiger partial charge in [0.15, 0.2) is 0 Å². The van der Waals surface area contributed by atoms with Gasteiger partial charge in [-0.15, -0.1) is 10.2 Å². The van der Waals surface area contributed by atoms with Gasteiger partial charge in [-0.3, -0.25) is 9.69 Å². The molecule has 5 rings (SSSR count). The van der Waals surface area contributed by atoms with Crippen LogP contribution in [0.15, 0.2) is 107 Å². The number of thioether (sulfide) groups is 1. The predicted molar refractivity (Wildman–Crippen MR) is 133 cm³/mol. The van der Waals surface area contributed by atoms with E-state index in [1.807, 2.05) is 97.9 Å². The molecule has 4 aromatic carbocycles. The summed E-state index contributed by atoms with van der Waals surface area (Å²) < 4.78 is 5.79. The van der Waals surface area contributed by atoms with E-state index in [0.29, 0.717) is 11.1 Å². The van der Waals surface area contributed by atoms with Crippen molar-refractivity contribution in [3.05, 3.63) is 103 Å². The molecule has 0 aliphatic heterocycles. The van der Waals surface area contributed by atoms with Gasteiger partial charge in [0, 0.05) is 16.9 Å². The van der Waals surface area contributed by atoms with Crippen LogP contribution in [0.25, 0.3) is 22.2 Å². The van der Waals surface area contributed by atoms with Gasteiger partial charge in [0.2, 0.25) is 11.8 Å². The first kappa shape index (κ1) is 21.0. The average molecular weight is 452 g/mol. The number of rotatable bonds is 6. The van der Waals surface area contributed by atoms with Gasteiger partial charge < -0.3 is 4.42 Å². The van der Waals surface area contributed by atoms with Gasteiger partial charge in [0.05, 0.1) is 5.75 Å². The van der Waals surface area contributed by atoms with Crippen molar-refractivity contribution in [2.24, 2.45) is 0 Å². The number of amides is 1. The summed E-state index contributed by atoms with van der Waals surface area (Å²) in [6, 6.07) is 31.7. The van der Waals surface area contributed by atoms with Crippen molar-refractivity contribution >= 4 is 39.8 Å². The Bertz CT molecular complexity index is 1420. The van der Waals surface area contributed by atoms with E-state index in [0.717, 1.165) is 33.3 Å². The van der Waals surface area contributed by atoms with E-state index in [1.165, 1.54) is 11.8 Å². The lowest BCUT2D eigenvalue weighted by Crippen LogP contribution is -2.27. The van der Waals surface area contributed by atoms with Crippen LogP contribution >= 0.6 is 11.8 Å². The maximum atomic E-state index is 13.4. The monoisotopic (exact) mass is 451 g/mol. The molecule has 0 spiro atoms. The largest absolute Gasteiger partial charge is 0.411 e. The molecule has 1 amide bonds. The van der Waals surface area contributed by atoms with E-state index in [1.54, 1.807) is 4.90 Å². The van der Waals surface area contributed by atoms with E-state index < -0.39 is 0 Å². The van der Waals surface area contributed by atoms with E-state index in [-0.39, 0.29) is 11.7 Å². The molecule has 0 radical (unpaired) electrons. The molecule has 0 bridgehead atoms. The van der Waals surface area contributed by atoms with Crippen molar-refractivity contribution in [3.63, 3.8) is 0 Å². The van der Waals surface area contributed by atoms with Crippen molar-refractivity contribution in [2.75, 3.05) is 10.7 Å². The van der Waals surface area contributed by atoms with E-state index in [2.05, 4.69) is 16.3 Å². The molecule has 0 fully saturated rings. The Kier molecular flexibility index (Phi) is 5.91. The molecular formula is C27H21N3O2S. The fourth-order valence-corrected chi connectivity index (χ4v) is 4.29. The molecule has 0 aliphatic rings. The van der Waals surface area contributed by atoms with Crippen molar-refractivity contribution in [2.45, 2.75) is 12.1 Å². The van der Waals surface area contributed by atoms with E-state index >= 15 is 0 Å². The first-order valence-electron chi connectivity index (χ1n) is 10.6. The van der Waals surface area contributed by atoms with Crippen molar-refractivity contribution < 1.29 is 9.21 Å². The first-order valence-corrected chi connectivity index (χ1v) is 11.6. The summed E-state index contributed by atoms with van der Waals surface area (Å²) in [4.78, 5) is 15.1. The zero-order valence-corrected chi connectivity index (χ0v) is 18.8. The molecule has 1 heterocycles. The smallest absolute Gasteiger partial charge is 0.277 e. The Morgan fingerprint density at radius 3 is 2.42 bits per heavy atom. The number of nitrogens with zero attached hydrogens (tertiary/aromatic N) is 3. The Morgan fingerprint density at radius 2 is 1.61 bits per heavy atom. The quantitative estimate of drug-likeness (QED) is 0.270. The predicted octanol–water partition coefficient (Wildman–Crippen LogP) is 6.66. The number of hydrogen-bond acceptors (Lipinski definition) is 5. The van der Waals surface area contributed by atoms with Crippen LogP contribution in [0.4, 0.5) is 11.4 Å². The minimum atomic E-state index is -0.0724. The SMILES string of the molecule is Cc1cccc(-c2nnc(SCC(=O)N(c3ccccc3)c3ccc4ccccc4c3)o2)c1. The Hall–Kier alpha value is -3.90. The third-order valence-electron chi connectivity index (χ3n) is 5.25. The second-order valence-electron chi connectivity index (χ2n) is 7.63. The second-order valence-corrected chi connectivity index (χ2v) is 8.55. The number of carbonyl (C=O) groups is 1. The second kappa shape index (κ2) is 9.30. The van der Waals surface area contributed by atoms with Crippen molar-refractivity contribution in [1.29, 1.82) is 0 Å². The molecule has 5 nitrogen and oxygen atoms in total. The normalized spacial score (nSPS) is 10.9. The molecule has 0 saturated carbocycles. The van der Waals surface area contributed by atoms with Crippen LogP contribution in [0.5, 0.6) is 0 Å². The molecule has 0 atom stereocenters. The minimum absolute atomic E-state index is 0.0724. The number of aromatic nitrogens is 2. The molecule has 0 saturated heterocycles. The topological polar surface area (TPSA) is 59.2 Å². The van der Waals surface area contributed by atoms with Crippen molar-refractivity contribution in [1.82, 2.24) is 10.2 Å². The van der Waals surface area contributed by atoms with Gasteiger partial charge in [-0.1, -0.05) is 78.0 Å². The maximum absolute atomic E-state index is 13.4. The maximum Gasteiger partial charge on any atom is 0.277 e. The average Bonchev–Trinajstić information content (AvgIpc) is 3.33. The van der Waals surface area contributed by atoms with E-state index in [9.17, 15) is 4.79 Å². The Balaban J connectivity index is 1.39. The summed E-state index contributed by atoms with van der Waals surface area (Å²) in [5.74, 6) is 0.539. The van der Waals surface area contributed by atoms with Gasteiger partial charge >= 0.3 is 0 Å². The highest BCUT2D eigenvalue weighted by Gasteiger charge is 2.20. The Morgan fingerprint density at radius 1 is 0.818 bits per heavy atom. The lowest BCUT2D eigenvalue weighted by atomic mass is 10.1. The molecule has 162 valence electrons. The summed E-state index contributed by atoms with van der Waals surface area (Å²) in [7, 11) is 0. The molecule has 0 N–H and O–H groups in total. The highest BCUT2D eigenvalue weighted by Crippen LogP contribution is 2.31. The van der Waals surface area contributed by atoms with Gasteiger partial charge in [-0.05, 0) is 54.1 Å². The van der Waals surface area contributed by atoms with Gasteiger partial charge in [-0.25, -0.2) is 0 Å². The van der Waals surface area contributed by atoms with Gasteiger partial charge in [0.25, 0.3) is 5.22 Å². The Labute approximate surface area is 196 Å². The summed E-state index contributed by atoms with van der Waals surface area (Å²) in [6.07, 6.45) is 0. The summed E-state index contributed by atoms with van der Waals surface area (Å²) in [5.41, 5.74) is 3.60. The lowest BCUT2D eigenvalue weighted by molar-refractivity contribution is -0.115. The van der Waals surface area contributed by atoms with Crippen molar-refractivity contribution in [3.8, 4) is 11.5 Å². The molecule has 6 heteroatoms. The number of benzene rings is 4. The highest BCUT2D eigenvalue weighted by molar-refractivity contribution is 7.99. The lowest BCUT2D eigenvalue weighted by Gasteiger charge is -2.23. The van der Waals surface area contributed by atoms with Crippen LogP contribution in [-0.4, -0.2) is 21.9 Å². The third kappa shape index (κ3) is 4.66. The molecule has 0 aliphatic carbocycles. The van der Waals surface area contributed by atoms with Crippen LogP contribution in [0.2, 0.25) is 0 Å². The first-order chi connectivity index (χ1) is 16.2. The van der Waals surface area contributed by atoms with Crippen LogP contribution < -0.4 is 4.90 Å². The summed E-state index contributed by atoms with van der Waals surface area (Å²) in [6.45, 7) is 2.01.